The van der Waals surface area contributed by atoms with E-state index >= 15 is 0 Å². The third-order valence-electron chi connectivity index (χ3n) is 4.06. The molecule has 0 saturated carbocycles. The number of halogens is 1. The minimum absolute atomic E-state index is 0.0207. The zero-order chi connectivity index (χ0) is 19.4. The van der Waals surface area contributed by atoms with Gasteiger partial charge in [-0.1, -0.05) is 6.07 Å². The lowest BCUT2D eigenvalue weighted by atomic mass is 10.2. The molecule has 2 N–H and O–H groups in total. The molecule has 2 aromatic rings. The van der Waals surface area contributed by atoms with Gasteiger partial charge in [-0.25, -0.2) is 17.5 Å². The van der Waals surface area contributed by atoms with Crippen molar-refractivity contribution in [1.82, 2.24) is 4.72 Å². The average Bonchev–Trinajstić information content (AvgIpc) is 3.13. The maximum absolute atomic E-state index is 13.3. The van der Waals surface area contributed by atoms with Crippen LogP contribution in [-0.2, 0) is 14.8 Å². The fourth-order valence-electron chi connectivity index (χ4n) is 2.71. The van der Waals surface area contributed by atoms with Crippen LogP contribution < -0.4 is 14.8 Å². The number of sulfonamides is 1. The quantitative estimate of drug-likeness (QED) is 0.783. The highest BCUT2D eigenvalue weighted by Crippen LogP contribution is 2.24. The summed E-state index contributed by atoms with van der Waals surface area (Å²) >= 11 is 0. The molecule has 9 heteroatoms. The number of rotatable bonds is 6. The number of carbonyl (C=O) groups is 1. The summed E-state index contributed by atoms with van der Waals surface area (Å²) in [6.45, 7) is 0.805. The number of carbonyl (C=O) groups excluding carboxylic acids is 1. The molecule has 0 radical (unpaired) electrons. The van der Waals surface area contributed by atoms with Crippen LogP contribution in [0.3, 0.4) is 0 Å². The summed E-state index contributed by atoms with van der Waals surface area (Å²) in [4.78, 5) is 12.5. The topological polar surface area (TPSA) is 93.7 Å². The molecule has 0 aliphatic carbocycles. The Bertz CT molecular complexity index is 943. The molecule has 7 nitrogen and oxygen atoms in total. The van der Waals surface area contributed by atoms with E-state index in [1.165, 1.54) is 43.5 Å². The van der Waals surface area contributed by atoms with Gasteiger partial charge >= 0.3 is 0 Å². The van der Waals surface area contributed by atoms with Gasteiger partial charge in [0, 0.05) is 18.3 Å². The Morgan fingerprint density at radius 1 is 1.26 bits per heavy atom. The molecule has 2 aromatic carbocycles. The number of ether oxygens (including phenoxy) is 2. The first-order valence-corrected chi connectivity index (χ1v) is 9.72. The van der Waals surface area contributed by atoms with Crippen LogP contribution in [0.15, 0.2) is 47.4 Å². The van der Waals surface area contributed by atoms with Gasteiger partial charge in [-0.05, 0) is 42.8 Å². The highest BCUT2D eigenvalue weighted by Gasteiger charge is 2.25. The Kier molecular flexibility index (Phi) is 5.73. The Balaban J connectivity index is 1.87. The van der Waals surface area contributed by atoms with Gasteiger partial charge in [0.15, 0.2) is 0 Å². The molecule has 1 unspecified atom stereocenters. The molecule has 1 fully saturated rings. The van der Waals surface area contributed by atoms with Gasteiger partial charge in [-0.15, -0.1) is 0 Å². The predicted octanol–water partition coefficient (Wildman–Crippen LogP) is 2.15. The van der Waals surface area contributed by atoms with Crippen molar-refractivity contribution < 1.29 is 27.1 Å². The molecule has 0 bridgehead atoms. The lowest BCUT2D eigenvalue weighted by molar-refractivity contribution is 0.102. The lowest BCUT2D eigenvalue weighted by Crippen LogP contribution is -2.35. The molecular weight excluding hydrogens is 375 g/mol. The number of anilines is 1. The van der Waals surface area contributed by atoms with Crippen LogP contribution in [0.1, 0.15) is 16.8 Å². The van der Waals surface area contributed by atoms with Crippen LogP contribution in [0, 0.1) is 5.82 Å². The zero-order valence-corrected chi connectivity index (χ0v) is 15.4. The van der Waals surface area contributed by atoms with E-state index in [1.54, 1.807) is 0 Å². The minimum atomic E-state index is -3.83. The van der Waals surface area contributed by atoms with E-state index in [1.807, 2.05) is 0 Å². The number of hydrogen-bond acceptors (Lipinski definition) is 5. The van der Waals surface area contributed by atoms with Crippen molar-refractivity contribution in [3.63, 3.8) is 0 Å². The van der Waals surface area contributed by atoms with E-state index in [9.17, 15) is 17.6 Å². The standard InChI is InChI=1S/C18H19FN2O5S/c1-25-17-6-5-15(27(23,24)21-14-7-8-26-11-14)10-16(17)18(22)20-13-4-2-3-12(19)9-13/h2-6,9-10,14,21H,7-8,11H2,1H3,(H,20,22). The average molecular weight is 394 g/mol. The summed E-state index contributed by atoms with van der Waals surface area (Å²) in [6.07, 6.45) is 0.586. The maximum atomic E-state index is 13.3. The summed E-state index contributed by atoms with van der Waals surface area (Å²) in [5, 5.41) is 2.53. The Morgan fingerprint density at radius 2 is 2.07 bits per heavy atom. The first kappa shape index (κ1) is 19.3. The summed E-state index contributed by atoms with van der Waals surface area (Å²) in [5.41, 5.74) is 0.267. The monoisotopic (exact) mass is 394 g/mol. The number of nitrogens with one attached hydrogen (secondary N) is 2. The molecule has 0 aromatic heterocycles. The second-order valence-corrected chi connectivity index (χ2v) is 7.72. The van der Waals surface area contributed by atoms with Crippen LogP contribution in [0.25, 0.3) is 0 Å². The summed E-state index contributed by atoms with van der Waals surface area (Å²) < 4.78 is 51.3. The van der Waals surface area contributed by atoms with Crippen LogP contribution in [0.2, 0.25) is 0 Å². The van der Waals surface area contributed by atoms with Crippen LogP contribution >= 0.6 is 0 Å². The number of benzene rings is 2. The van der Waals surface area contributed by atoms with E-state index in [4.69, 9.17) is 9.47 Å². The van der Waals surface area contributed by atoms with E-state index in [-0.39, 0.29) is 27.9 Å². The summed E-state index contributed by atoms with van der Waals surface area (Å²) in [5.74, 6) is -0.912. The molecule has 27 heavy (non-hydrogen) atoms. The van der Waals surface area contributed by atoms with Gasteiger partial charge in [0.1, 0.15) is 11.6 Å². The molecule has 1 aliphatic rings. The van der Waals surface area contributed by atoms with Crippen LogP contribution in [0.5, 0.6) is 5.75 Å². The fourth-order valence-corrected chi connectivity index (χ4v) is 3.99. The highest BCUT2D eigenvalue weighted by atomic mass is 32.2. The molecule has 1 atom stereocenters. The summed E-state index contributed by atoms with van der Waals surface area (Å²) in [7, 11) is -2.46. The van der Waals surface area contributed by atoms with Crippen LogP contribution in [0.4, 0.5) is 10.1 Å². The second kappa shape index (κ2) is 8.03. The molecule has 0 spiro atoms. The van der Waals surface area contributed by atoms with E-state index < -0.39 is 21.7 Å². The molecular formula is C18H19FN2O5S. The maximum Gasteiger partial charge on any atom is 0.259 e. The zero-order valence-electron chi connectivity index (χ0n) is 14.6. The molecule has 144 valence electrons. The highest BCUT2D eigenvalue weighted by molar-refractivity contribution is 7.89. The van der Waals surface area contributed by atoms with Gasteiger partial charge in [0.05, 0.1) is 24.2 Å². The molecule has 1 heterocycles. The number of hydrogen-bond donors (Lipinski definition) is 2. The van der Waals surface area contributed by atoms with Gasteiger partial charge in [-0.2, -0.15) is 0 Å². The molecule has 1 amide bonds. The van der Waals surface area contributed by atoms with Gasteiger partial charge in [0.25, 0.3) is 5.91 Å². The van der Waals surface area contributed by atoms with E-state index in [2.05, 4.69) is 10.0 Å². The smallest absolute Gasteiger partial charge is 0.259 e. The minimum Gasteiger partial charge on any atom is -0.496 e. The largest absolute Gasteiger partial charge is 0.496 e. The van der Waals surface area contributed by atoms with Gasteiger partial charge in [0.2, 0.25) is 10.0 Å². The van der Waals surface area contributed by atoms with Gasteiger partial charge < -0.3 is 14.8 Å². The predicted molar refractivity (Wildman–Crippen MR) is 96.9 cm³/mol. The normalized spacial score (nSPS) is 16.9. The lowest BCUT2D eigenvalue weighted by Gasteiger charge is -2.14. The number of amides is 1. The Labute approximate surface area is 156 Å². The third kappa shape index (κ3) is 4.62. The van der Waals surface area contributed by atoms with Crippen molar-refractivity contribution in [2.24, 2.45) is 0 Å². The molecule has 3 rings (SSSR count). The van der Waals surface area contributed by atoms with Crippen molar-refractivity contribution in [1.29, 1.82) is 0 Å². The van der Waals surface area contributed by atoms with E-state index in [0.717, 1.165) is 6.07 Å². The van der Waals surface area contributed by atoms with Crippen molar-refractivity contribution in [3.05, 3.63) is 53.8 Å². The van der Waals surface area contributed by atoms with Crippen molar-refractivity contribution in [3.8, 4) is 5.75 Å². The first-order valence-electron chi connectivity index (χ1n) is 8.24. The molecule has 1 aliphatic heterocycles. The SMILES string of the molecule is COc1ccc(S(=O)(=O)NC2CCOC2)cc1C(=O)Nc1cccc(F)c1. The van der Waals surface area contributed by atoms with Crippen LogP contribution in [-0.4, -0.2) is 40.7 Å². The summed E-state index contributed by atoms with van der Waals surface area (Å²) in [6, 6.07) is 9.07. The number of methoxy groups -OCH3 is 1. The van der Waals surface area contributed by atoms with Crippen molar-refractivity contribution in [2.75, 3.05) is 25.6 Å². The Morgan fingerprint density at radius 3 is 2.74 bits per heavy atom. The molecule has 1 saturated heterocycles. The van der Waals surface area contributed by atoms with Crippen molar-refractivity contribution in [2.45, 2.75) is 17.4 Å². The third-order valence-corrected chi connectivity index (χ3v) is 5.58. The van der Waals surface area contributed by atoms with E-state index in [0.29, 0.717) is 19.6 Å². The fraction of sp³-hybridized carbons (Fsp3) is 0.278. The Hall–Kier alpha value is -2.49. The van der Waals surface area contributed by atoms with Crippen molar-refractivity contribution >= 4 is 21.6 Å². The first-order chi connectivity index (χ1) is 12.9. The van der Waals surface area contributed by atoms with Gasteiger partial charge in [-0.3, -0.25) is 4.79 Å². The second-order valence-electron chi connectivity index (χ2n) is 6.01.